The number of rotatable bonds is 11. The molecule has 1 aromatic carbocycles. The standard InChI is InChI=1S/C31H33FN6O2S2/c1-5-6-26(20-7-9-22(32)10-8-20)41-19(3)18(2)37-24-17-35-29-12-11-25(38(29)31(24)40)30(39)36-16-23-13-21-15-34-28(33-4)14-27(21)42-23/h6-10,13-15,17-18,25,37H,3,5,11-12,16H2,1-2,4H3,(H,33,34)(H,36,39)/b26-6-. The highest BCUT2D eigenvalue weighted by atomic mass is 32.2. The first kappa shape index (κ1) is 29.5. The lowest BCUT2D eigenvalue weighted by Gasteiger charge is -2.20. The molecular weight excluding hydrogens is 572 g/mol. The Hall–Kier alpha value is -3.96. The van der Waals surface area contributed by atoms with Crippen LogP contribution in [0.4, 0.5) is 15.9 Å². The lowest BCUT2D eigenvalue weighted by atomic mass is 10.2. The highest BCUT2D eigenvalue weighted by Gasteiger charge is 2.31. The molecule has 11 heteroatoms. The van der Waals surface area contributed by atoms with Gasteiger partial charge >= 0.3 is 0 Å². The molecule has 0 saturated heterocycles. The number of aromatic nitrogens is 3. The zero-order valence-corrected chi connectivity index (χ0v) is 25.4. The van der Waals surface area contributed by atoms with Crippen LogP contribution in [0.2, 0.25) is 0 Å². The van der Waals surface area contributed by atoms with Crippen LogP contribution in [0.5, 0.6) is 0 Å². The van der Waals surface area contributed by atoms with Gasteiger partial charge in [-0.3, -0.25) is 14.2 Å². The Labute approximate surface area is 252 Å². The number of nitrogens with one attached hydrogen (secondary N) is 3. The van der Waals surface area contributed by atoms with Gasteiger partial charge in [-0.05, 0) is 49.6 Å². The molecule has 1 aliphatic heterocycles. The number of pyridine rings is 1. The molecule has 0 spiro atoms. The van der Waals surface area contributed by atoms with E-state index in [0.717, 1.165) is 42.6 Å². The number of amides is 1. The van der Waals surface area contributed by atoms with Crippen LogP contribution in [0, 0.1) is 5.82 Å². The molecule has 3 N–H and O–H groups in total. The maximum Gasteiger partial charge on any atom is 0.277 e. The number of halogens is 1. The molecule has 0 radical (unpaired) electrons. The Morgan fingerprint density at radius 1 is 1.26 bits per heavy atom. The van der Waals surface area contributed by atoms with E-state index >= 15 is 0 Å². The Morgan fingerprint density at radius 2 is 2.05 bits per heavy atom. The summed E-state index contributed by atoms with van der Waals surface area (Å²) >= 11 is 3.08. The van der Waals surface area contributed by atoms with Crippen molar-refractivity contribution in [2.45, 2.75) is 51.7 Å². The van der Waals surface area contributed by atoms with Crippen molar-refractivity contribution in [3.05, 3.63) is 98.8 Å². The van der Waals surface area contributed by atoms with Gasteiger partial charge < -0.3 is 16.0 Å². The molecule has 42 heavy (non-hydrogen) atoms. The van der Waals surface area contributed by atoms with E-state index in [1.54, 1.807) is 23.5 Å². The molecule has 4 heterocycles. The second kappa shape index (κ2) is 12.9. The van der Waals surface area contributed by atoms with E-state index in [-0.39, 0.29) is 23.3 Å². The number of thiophene rings is 1. The van der Waals surface area contributed by atoms with Crippen molar-refractivity contribution in [3.63, 3.8) is 0 Å². The number of hydrogen-bond acceptors (Lipinski definition) is 8. The van der Waals surface area contributed by atoms with Crippen molar-refractivity contribution < 1.29 is 9.18 Å². The fraction of sp³-hybridized carbons (Fsp3) is 0.290. The molecule has 8 nitrogen and oxygen atoms in total. The summed E-state index contributed by atoms with van der Waals surface area (Å²) < 4.78 is 16.0. The van der Waals surface area contributed by atoms with Crippen LogP contribution in [0.1, 0.15) is 49.0 Å². The van der Waals surface area contributed by atoms with Gasteiger partial charge in [0, 0.05) is 44.4 Å². The van der Waals surface area contributed by atoms with Crippen LogP contribution in [0.15, 0.2) is 71.1 Å². The predicted molar refractivity (Wildman–Crippen MR) is 171 cm³/mol. The molecule has 5 rings (SSSR count). The number of thioether (sulfide) groups is 1. The van der Waals surface area contributed by atoms with E-state index in [1.807, 2.05) is 39.2 Å². The molecule has 3 aromatic heterocycles. The van der Waals surface area contributed by atoms with Crippen LogP contribution < -0.4 is 21.5 Å². The number of fused-ring (bicyclic) bond motifs is 2. The molecule has 0 saturated carbocycles. The Balaban J connectivity index is 1.26. The average Bonchev–Trinajstić information content (AvgIpc) is 3.61. The molecule has 2 unspecified atom stereocenters. The van der Waals surface area contributed by atoms with Gasteiger partial charge in [0.1, 0.15) is 29.2 Å². The summed E-state index contributed by atoms with van der Waals surface area (Å²) in [5.41, 5.74) is 0.935. The average molecular weight is 605 g/mol. The van der Waals surface area contributed by atoms with Gasteiger partial charge in [0.25, 0.3) is 5.56 Å². The first-order valence-electron chi connectivity index (χ1n) is 13.8. The largest absolute Gasteiger partial charge is 0.373 e. The Kier molecular flexibility index (Phi) is 9.08. The third kappa shape index (κ3) is 6.42. The molecule has 4 aromatic rings. The first-order chi connectivity index (χ1) is 20.3. The van der Waals surface area contributed by atoms with E-state index in [9.17, 15) is 14.0 Å². The van der Waals surface area contributed by atoms with Crippen LogP contribution in [0.3, 0.4) is 0 Å². The molecule has 1 amide bonds. The second-order valence-corrected chi connectivity index (χ2v) is 12.4. The highest BCUT2D eigenvalue weighted by molar-refractivity contribution is 8.11. The van der Waals surface area contributed by atoms with Crippen molar-refractivity contribution in [1.82, 2.24) is 19.9 Å². The molecule has 2 atom stereocenters. The summed E-state index contributed by atoms with van der Waals surface area (Å²) in [6, 6.07) is 9.47. The van der Waals surface area contributed by atoms with Gasteiger partial charge in [0.05, 0.1) is 18.8 Å². The summed E-state index contributed by atoms with van der Waals surface area (Å²) in [5.74, 6) is 0.901. The normalized spacial score (nSPS) is 15.3. The van der Waals surface area contributed by atoms with Gasteiger partial charge in [-0.15, -0.1) is 11.3 Å². The monoisotopic (exact) mass is 604 g/mol. The van der Waals surface area contributed by atoms with E-state index in [2.05, 4.69) is 38.6 Å². The van der Waals surface area contributed by atoms with Gasteiger partial charge in [-0.1, -0.05) is 43.5 Å². The molecule has 0 aliphatic carbocycles. The van der Waals surface area contributed by atoms with Crippen molar-refractivity contribution in [2.24, 2.45) is 0 Å². The number of allylic oxidation sites excluding steroid dienone is 1. The minimum absolute atomic E-state index is 0.206. The third-order valence-corrected chi connectivity index (χ3v) is 9.42. The molecule has 0 fully saturated rings. The predicted octanol–water partition coefficient (Wildman–Crippen LogP) is 6.34. The topological polar surface area (TPSA) is 101 Å². The Morgan fingerprint density at radius 3 is 2.79 bits per heavy atom. The van der Waals surface area contributed by atoms with Gasteiger partial charge in [-0.2, -0.15) is 0 Å². The molecule has 0 bridgehead atoms. The minimum atomic E-state index is -0.626. The van der Waals surface area contributed by atoms with E-state index in [1.165, 1.54) is 34.7 Å². The molecule has 218 valence electrons. The number of benzene rings is 1. The van der Waals surface area contributed by atoms with E-state index < -0.39 is 6.04 Å². The highest BCUT2D eigenvalue weighted by Crippen LogP contribution is 2.35. The number of hydrogen-bond donors (Lipinski definition) is 3. The summed E-state index contributed by atoms with van der Waals surface area (Å²) in [7, 11) is 1.83. The van der Waals surface area contributed by atoms with Gasteiger partial charge in [0.15, 0.2) is 0 Å². The van der Waals surface area contributed by atoms with Crippen molar-refractivity contribution in [1.29, 1.82) is 0 Å². The van der Waals surface area contributed by atoms with Crippen LogP contribution in [-0.2, 0) is 17.8 Å². The lowest BCUT2D eigenvalue weighted by Crippen LogP contribution is -2.36. The van der Waals surface area contributed by atoms with Gasteiger partial charge in [-0.25, -0.2) is 14.4 Å². The summed E-state index contributed by atoms with van der Waals surface area (Å²) in [4.78, 5) is 38.4. The van der Waals surface area contributed by atoms with Crippen LogP contribution in [-0.4, -0.2) is 33.5 Å². The van der Waals surface area contributed by atoms with Crippen molar-refractivity contribution in [3.8, 4) is 0 Å². The smallest absolute Gasteiger partial charge is 0.277 e. The first-order valence-corrected chi connectivity index (χ1v) is 15.4. The number of carbonyl (C=O) groups excluding carboxylic acids is 1. The summed E-state index contributed by atoms with van der Waals surface area (Å²) in [6.07, 6.45) is 7.30. The summed E-state index contributed by atoms with van der Waals surface area (Å²) in [5, 5.41) is 10.3. The maximum atomic E-state index is 13.6. The third-order valence-electron chi connectivity index (χ3n) is 7.09. The lowest BCUT2D eigenvalue weighted by molar-refractivity contribution is -0.124. The zero-order valence-electron chi connectivity index (χ0n) is 23.7. The van der Waals surface area contributed by atoms with Crippen molar-refractivity contribution in [2.75, 3.05) is 17.7 Å². The molecule has 1 aliphatic rings. The fourth-order valence-corrected chi connectivity index (χ4v) is 6.85. The van der Waals surface area contributed by atoms with Crippen LogP contribution >= 0.6 is 23.1 Å². The second-order valence-electron chi connectivity index (χ2n) is 10.0. The number of carbonyl (C=O) groups is 1. The van der Waals surface area contributed by atoms with E-state index in [4.69, 9.17) is 0 Å². The SMILES string of the molecule is C=C(S/C(=C\CC)c1ccc(F)cc1)C(C)Nc1cnc2n(c1=O)C(C(=O)NCc1cc3cnc(NC)cc3s1)CC2. The molecular formula is C31H33FN6O2S2. The minimum Gasteiger partial charge on any atom is -0.373 e. The maximum absolute atomic E-state index is 13.6. The number of aryl methyl sites for hydroxylation is 1. The fourth-order valence-electron chi connectivity index (χ4n) is 4.82. The van der Waals surface area contributed by atoms with Crippen LogP contribution in [0.25, 0.3) is 15.0 Å². The quantitative estimate of drug-likeness (QED) is 0.184. The Bertz CT molecular complexity index is 1710. The number of anilines is 2. The van der Waals surface area contributed by atoms with E-state index in [0.29, 0.717) is 30.9 Å². The number of nitrogens with zero attached hydrogens (tertiary/aromatic N) is 3. The zero-order chi connectivity index (χ0) is 29.8. The van der Waals surface area contributed by atoms with Gasteiger partial charge in [0.2, 0.25) is 5.91 Å². The summed E-state index contributed by atoms with van der Waals surface area (Å²) in [6.45, 7) is 8.56. The van der Waals surface area contributed by atoms with Crippen molar-refractivity contribution >= 4 is 55.5 Å².